The van der Waals surface area contributed by atoms with Crippen LogP contribution in [0, 0.1) is 0 Å². The molecule has 3 rings (SSSR count). The summed E-state index contributed by atoms with van der Waals surface area (Å²) in [6.45, 7) is 0.587. The van der Waals surface area contributed by atoms with Crippen molar-refractivity contribution in [2.24, 2.45) is 0 Å². The van der Waals surface area contributed by atoms with E-state index in [0.29, 0.717) is 12.6 Å². The minimum atomic E-state index is -0.448. The van der Waals surface area contributed by atoms with Gasteiger partial charge in [0.25, 0.3) is 0 Å². The molecule has 2 aromatic rings. The molecule has 1 aliphatic carbocycles. The van der Waals surface area contributed by atoms with Gasteiger partial charge in [0.2, 0.25) is 0 Å². The smallest absolute Gasteiger partial charge is 0.0914 e. The van der Waals surface area contributed by atoms with Crippen LogP contribution in [0.1, 0.15) is 35.3 Å². The third kappa shape index (κ3) is 2.95. The predicted molar refractivity (Wildman–Crippen MR) is 84.6 cm³/mol. The Labute approximate surface area is 128 Å². The number of hydrogen-bond donors (Lipinski definition) is 2. The van der Waals surface area contributed by atoms with Gasteiger partial charge in [-0.25, -0.2) is 0 Å². The van der Waals surface area contributed by atoms with Crippen molar-refractivity contribution in [2.45, 2.75) is 25.0 Å². The topological polar surface area (TPSA) is 32.3 Å². The lowest BCUT2D eigenvalue weighted by Crippen LogP contribution is -2.25. The van der Waals surface area contributed by atoms with Crippen LogP contribution in [0.2, 0.25) is 0 Å². The Kier molecular flexibility index (Phi) is 4.20. The molecule has 3 heteroatoms. The highest BCUT2D eigenvalue weighted by Gasteiger charge is 2.22. The molecule has 0 radical (unpaired) electrons. The van der Waals surface area contributed by atoms with Gasteiger partial charge in [-0.3, -0.25) is 0 Å². The fourth-order valence-electron chi connectivity index (χ4n) is 2.85. The molecule has 2 N–H and O–H groups in total. The first-order valence-corrected chi connectivity index (χ1v) is 7.78. The van der Waals surface area contributed by atoms with Crippen molar-refractivity contribution in [1.29, 1.82) is 0 Å². The molecule has 0 bridgehead atoms. The van der Waals surface area contributed by atoms with Crippen molar-refractivity contribution in [2.75, 3.05) is 6.54 Å². The van der Waals surface area contributed by atoms with Gasteiger partial charge >= 0.3 is 0 Å². The van der Waals surface area contributed by atoms with Crippen molar-refractivity contribution in [3.05, 3.63) is 69.7 Å². The molecule has 0 heterocycles. The lowest BCUT2D eigenvalue weighted by Gasteiger charge is -2.17. The number of fused-ring (bicyclic) bond motifs is 1. The van der Waals surface area contributed by atoms with Crippen LogP contribution < -0.4 is 5.32 Å². The average Bonchev–Trinajstić information content (AvgIpc) is 2.88. The molecular formula is C17H18BrNO. The molecule has 2 aromatic carbocycles. The third-order valence-electron chi connectivity index (χ3n) is 3.92. The molecule has 2 unspecified atom stereocenters. The van der Waals surface area contributed by atoms with E-state index in [2.05, 4.69) is 39.4 Å². The van der Waals surface area contributed by atoms with Crippen molar-refractivity contribution >= 4 is 15.9 Å². The SMILES string of the molecule is OC(CNC1CCc2cc(Br)ccc21)c1ccccc1. The van der Waals surface area contributed by atoms with Crippen LogP contribution in [0.5, 0.6) is 0 Å². The Balaban J connectivity index is 1.64. The highest BCUT2D eigenvalue weighted by molar-refractivity contribution is 9.10. The monoisotopic (exact) mass is 331 g/mol. The zero-order valence-electron chi connectivity index (χ0n) is 11.2. The van der Waals surface area contributed by atoms with E-state index in [1.165, 1.54) is 11.1 Å². The summed E-state index contributed by atoms with van der Waals surface area (Å²) in [5.74, 6) is 0. The number of benzene rings is 2. The van der Waals surface area contributed by atoms with E-state index in [-0.39, 0.29) is 0 Å². The van der Waals surface area contributed by atoms with Crippen molar-refractivity contribution < 1.29 is 5.11 Å². The lowest BCUT2D eigenvalue weighted by molar-refractivity contribution is 0.169. The maximum atomic E-state index is 10.2. The van der Waals surface area contributed by atoms with Crippen LogP contribution in [0.25, 0.3) is 0 Å². The summed E-state index contributed by atoms with van der Waals surface area (Å²) in [6.07, 6.45) is 1.76. The second-order valence-electron chi connectivity index (χ2n) is 5.27. The number of aryl methyl sites for hydroxylation is 1. The maximum absolute atomic E-state index is 10.2. The van der Waals surface area contributed by atoms with Gasteiger partial charge in [0.1, 0.15) is 0 Å². The van der Waals surface area contributed by atoms with Crippen LogP contribution in [-0.2, 0) is 6.42 Å². The number of hydrogen-bond acceptors (Lipinski definition) is 2. The predicted octanol–water partition coefficient (Wildman–Crippen LogP) is 3.76. The zero-order chi connectivity index (χ0) is 13.9. The Morgan fingerprint density at radius 3 is 2.80 bits per heavy atom. The van der Waals surface area contributed by atoms with Gasteiger partial charge in [0.15, 0.2) is 0 Å². The molecule has 2 nitrogen and oxygen atoms in total. The summed E-state index contributed by atoms with van der Waals surface area (Å²) in [7, 11) is 0. The quantitative estimate of drug-likeness (QED) is 0.894. The summed E-state index contributed by atoms with van der Waals surface area (Å²) in [6, 6.07) is 16.6. The van der Waals surface area contributed by atoms with Crippen molar-refractivity contribution in [3.8, 4) is 0 Å². The lowest BCUT2D eigenvalue weighted by atomic mass is 10.1. The fraction of sp³-hybridized carbons (Fsp3) is 0.294. The molecule has 0 saturated carbocycles. The van der Waals surface area contributed by atoms with E-state index < -0.39 is 6.10 Å². The van der Waals surface area contributed by atoms with Crippen LogP contribution in [0.4, 0.5) is 0 Å². The largest absolute Gasteiger partial charge is 0.387 e. The van der Waals surface area contributed by atoms with Crippen LogP contribution >= 0.6 is 15.9 Å². The first-order valence-electron chi connectivity index (χ1n) is 6.99. The van der Waals surface area contributed by atoms with Gasteiger partial charge in [0.05, 0.1) is 6.10 Å². The molecule has 0 aliphatic heterocycles. The molecule has 0 saturated heterocycles. The molecule has 0 fully saturated rings. The van der Waals surface area contributed by atoms with Crippen molar-refractivity contribution in [1.82, 2.24) is 5.32 Å². The highest BCUT2D eigenvalue weighted by Crippen LogP contribution is 2.33. The van der Waals surface area contributed by atoms with Gasteiger partial charge in [-0.1, -0.05) is 52.3 Å². The number of rotatable bonds is 4. The number of nitrogens with one attached hydrogen (secondary N) is 1. The minimum absolute atomic E-state index is 0.358. The molecule has 2 atom stereocenters. The molecular weight excluding hydrogens is 314 g/mol. The highest BCUT2D eigenvalue weighted by atomic mass is 79.9. The Morgan fingerprint density at radius 1 is 1.20 bits per heavy atom. The number of aliphatic hydroxyl groups excluding tert-OH is 1. The molecule has 1 aliphatic rings. The van der Waals surface area contributed by atoms with Crippen molar-refractivity contribution in [3.63, 3.8) is 0 Å². The minimum Gasteiger partial charge on any atom is -0.387 e. The van der Waals surface area contributed by atoms with Gasteiger partial charge in [0, 0.05) is 17.1 Å². The van der Waals surface area contributed by atoms with E-state index in [9.17, 15) is 5.11 Å². The van der Waals surface area contributed by atoms with Gasteiger partial charge in [-0.2, -0.15) is 0 Å². The summed E-state index contributed by atoms with van der Waals surface area (Å²) in [4.78, 5) is 0. The first kappa shape index (κ1) is 13.8. The normalized spacial score (nSPS) is 18.8. The standard InChI is InChI=1S/C17H18BrNO/c18-14-7-8-15-13(10-14)6-9-16(15)19-11-17(20)12-4-2-1-3-5-12/h1-5,7-8,10,16-17,19-20H,6,9,11H2. The third-order valence-corrected chi connectivity index (χ3v) is 4.42. The molecule has 20 heavy (non-hydrogen) atoms. The van der Waals surface area contributed by atoms with Gasteiger partial charge in [-0.05, 0) is 41.7 Å². The van der Waals surface area contributed by atoms with E-state index >= 15 is 0 Å². The Bertz CT molecular complexity index is 585. The second-order valence-corrected chi connectivity index (χ2v) is 6.18. The molecule has 0 amide bonds. The summed E-state index contributed by atoms with van der Waals surface area (Å²) < 4.78 is 1.14. The van der Waals surface area contributed by atoms with E-state index in [0.717, 1.165) is 22.9 Å². The van der Waals surface area contributed by atoms with Crippen LogP contribution in [-0.4, -0.2) is 11.7 Å². The Hall–Kier alpha value is -1.16. The summed E-state index contributed by atoms with van der Waals surface area (Å²) >= 11 is 3.52. The molecule has 0 spiro atoms. The van der Waals surface area contributed by atoms with Gasteiger partial charge < -0.3 is 10.4 Å². The van der Waals surface area contributed by atoms with E-state index in [1.54, 1.807) is 0 Å². The number of aliphatic hydroxyl groups is 1. The molecule has 104 valence electrons. The van der Waals surface area contributed by atoms with Gasteiger partial charge in [-0.15, -0.1) is 0 Å². The second kappa shape index (κ2) is 6.08. The zero-order valence-corrected chi connectivity index (χ0v) is 12.8. The van der Waals surface area contributed by atoms with Crippen LogP contribution in [0.15, 0.2) is 53.0 Å². The summed E-state index contributed by atoms with van der Waals surface area (Å²) in [5, 5.41) is 13.7. The average molecular weight is 332 g/mol. The van der Waals surface area contributed by atoms with E-state index in [4.69, 9.17) is 0 Å². The Morgan fingerprint density at radius 2 is 2.00 bits per heavy atom. The maximum Gasteiger partial charge on any atom is 0.0914 e. The number of halogens is 1. The fourth-order valence-corrected chi connectivity index (χ4v) is 3.25. The van der Waals surface area contributed by atoms with E-state index in [1.807, 2.05) is 30.3 Å². The summed E-state index contributed by atoms with van der Waals surface area (Å²) in [5.41, 5.74) is 3.74. The molecule has 0 aromatic heterocycles. The first-order chi connectivity index (χ1) is 9.74. The van der Waals surface area contributed by atoms with Crippen LogP contribution in [0.3, 0.4) is 0 Å².